The summed E-state index contributed by atoms with van der Waals surface area (Å²) in [6, 6.07) is 0.766. The first-order valence-electron chi connectivity index (χ1n) is 8.76. The molecular weight excluding hydrogens is 230 g/mol. The summed E-state index contributed by atoms with van der Waals surface area (Å²) in [6.45, 7) is 8.82. The molecule has 3 unspecified atom stereocenters. The summed E-state index contributed by atoms with van der Waals surface area (Å²) in [4.78, 5) is 0. The van der Waals surface area contributed by atoms with E-state index in [1.165, 1.54) is 64.3 Å². The largest absolute Gasteiger partial charge is 0.313 e. The zero-order valence-corrected chi connectivity index (χ0v) is 13.3. The van der Waals surface area contributed by atoms with Crippen LogP contribution in [0.5, 0.6) is 0 Å². The number of fused-ring (bicyclic) bond motifs is 2. The Labute approximate surface area is 119 Å². The molecule has 3 aliphatic carbocycles. The van der Waals surface area contributed by atoms with Crippen molar-refractivity contribution in [2.45, 2.75) is 84.6 Å². The van der Waals surface area contributed by atoms with E-state index in [0.29, 0.717) is 10.8 Å². The Morgan fingerprint density at radius 1 is 1.05 bits per heavy atom. The van der Waals surface area contributed by atoms with Gasteiger partial charge < -0.3 is 5.32 Å². The molecule has 110 valence electrons. The van der Waals surface area contributed by atoms with Crippen LogP contribution < -0.4 is 5.32 Å². The summed E-state index contributed by atoms with van der Waals surface area (Å²) >= 11 is 0. The maximum absolute atomic E-state index is 3.97. The molecule has 3 atom stereocenters. The van der Waals surface area contributed by atoms with Crippen LogP contribution in [-0.4, -0.2) is 12.6 Å². The summed E-state index contributed by atoms with van der Waals surface area (Å²) in [5.74, 6) is 2.04. The highest BCUT2D eigenvalue weighted by molar-refractivity contribution is 5.11. The third-order valence-corrected chi connectivity index (χ3v) is 6.88. The minimum absolute atomic E-state index is 0.528. The van der Waals surface area contributed by atoms with Gasteiger partial charge in [-0.15, -0.1) is 0 Å². The van der Waals surface area contributed by atoms with E-state index in [0.717, 1.165) is 17.9 Å². The van der Waals surface area contributed by atoms with Crippen LogP contribution in [0, 0.1) is 22.7 Å². The molecule has 2 bridgehead atoms. The van der Waals surface area contributed by atoms with Crippen LogP contribution in [0.1, 0.15) is 78.6 Å². The van der Waals surface area contributed by atoms with Crippen LogP contribution in [0.4, 0.5) is 0 Å². The molecule has 0 heterocycles. The van der Waals surface area contributed by atoms with Gasteiger partial charge in [-0.3, -0.25) is 0 Å². The van der Waals surface area contributed by atoms with E-state index < -0.39 is 0 Å². The first-order chi connectivity index (χ1) is 9.02. The molecule has 0 aromatic rings. The van der Waals surface area contributed by atoms with Gasteiger partial charge >= 0.3 is 0 Å². The van der Waals surface area contributed by atoms with Crippen LogP contribution in [-0.2, 0) is 0 Å². The maximum Gasteiger partial charge on any atom is 0.0175 e. The Kier molecular flexibility index (Phi) is 3.71. The molecule has 0 saturated heterocycles. The molecular formula is C18H33N. The van der Waals surface area contributed by atoms with Crippen LogP contribution in [0.2, 0.25) is 0 Å². The van der Waals surface area contributed by atoms with Crippen molar-refractivity contribution in [3.05, 3.63) is 0 Å². The minimum Gasteiger partial charge on any atom is -0.313 e. The van der Waals surface area contributed by atoms with Gasteiger partial charge in [0.1, 0.15) is 0 Å². The van der Waals surface area contributed by atoms with E-state index in [4.69, 9.17) is 0 Å². The zero-order chi connectivity index (χ0) is 13.5. The fourth-order valence-corrected chi connectivity index (χ4v) is 5.75. The van der Waals surface area contributed by atoms with Crippen molar-refractivity contribution in [3.63, 3.8) is 0 Å². The van der Waals surface area contributed by atoms with Crippen molar-refractivity contribution >= 4 is 0 Å². The summed E-state index contributed by atoms with van der Waals surface area (Å²) < 4.78 is 0. The average Bonchev–Trinajstić information content (AvgIpc) is 3.01. The van der Waals surface area contributed by atoms with Gasteiger partial charge in [0.05, 0.1) is 0 Å². The molecule has 1 N–H and O–H groups in total. The van der Waals surface area contributed by atoms with Crippen molar-refractivity contribution < 1.29 is 0 Å². The van der Waals surface area contributed by atoms with Gasteiger partial charge in [0, 0.05) is 6.04 Å². The Morgan fingerprint density at radius 2 is 1.79 bits per heavy atom. The van der Waals surface area contributed by atoms with Gasteiger partial charge in [0.2, 0.25) is 0 Å². The highest BCUT2D eigenvalue weighted by atomic mass is 15.0. The summed E-state index contributed by atoms with van der Waals surface area (Å²) in [5, 5.41) is 3.97. The molecule has 1 heteroatoms. The van der Waals surface area contributed by atoms with Crippen molar-refractivity contribution in [3.8, 4) is 0 Å². The molecule has 3 rings (SSSR count). The van der Waals surface area contributed by atoms with Crippen molar-refractivity contribution in [1.82, 2.24) is 5.32 Å². The van der Waals surface area contributed by atoms with Gasteiger partial charge in [-0.1, -0.05) is 46.5 Å². The number of rotatable bonds is 5. The van der Waals surface area contributed by atoms with Crippen molar-refractivity contribution in [1.29, 1.82) is 0 Å². The smallest absolute Gasteiger partial charge is 0.0175 e. The number of hydrogen-bond acceptors (Lipinski definition) is 1. The Bertz CT molecular complexity index is 311. The maximum atomic E-state index is 3.97. The van der Waals surface area contributed by atoms with Crippen molar-refractivity contribution in [2.75, 3.05) is 6.54 Å². The normalized spacial score (nSPS) is 41.2. The third-order valence-electron chi connectivity index (χ3n) is 6.88. The second-order valence-corrected chi connectivity index (χ2v) is 8.59. The van der Waals surface area contributed by atoms with Crippen LogP contribution in [0.15, 0.2) is 0 Å². The van der Waals surface area contributed by atoms with Crippen molar-refractivity contribution in [2.24, 2.45) is 22.7 Å². The average molecular weight is 263 g/mol. The van der Waals surface area contributed by atoms with E-state index >= 15 is 0 Å². The fraction of sp³-hybridized carbons (Fsp3) is 1.00. The highest BCUT2D eigenvalue weighted by Crippen LogP contribution is 2.62. The Hall–Kier alpha value is -0.0400. The molecule has 0 spiro atoms. The van der Waals surface area contributed by atoms with Gasteiger partial charge in [-0.05, 0) is 61.3 Å². The van der Waals surface area contributed by atoms with Crippen LogP contribution >= 0.6 is 0 Å². The lowest BCUT2D eigenvalue weighted by molar-refractivity contribution is 0.109. The predicted molar refractivity (Wildman–Crippen MR) is 82.2 cm³/mol. The van der Waals surface area contributed by atoms with E-state index in [1.54, 1.807) is 0 Å². The first-order valence-corrected chi connectivity index (χ1v) is 8.76. The standard InChI is InChI=1S/C18H33N/c1-17(2)15-10-11-18(3,13-15)16(17)19-12-6-9-14-7-4-5-8-14/h14-16,19H,4-13H2,1-3H3. The first kappa shape index (κ1) is 13.9. The zero-order valence-electron chi connectivity index (χ0n) is 13.3. The second kappa shape index (κ2) is 5.06. The van der Waals surface area contributed by atoms with Gasteiger partial charge in [-0.2, -0.15) is 0 Å². The van der Waals surface area contributed by atoms with Gasteiger partial charge in [-0.25, -0.2) is 0 Å². The molecule has 3 aliphatic rings. The second-order valence-electron chi connectivity index (χ2n) is 8.59. The van der Waals surface area contributed by atoms with Gasteiger partial charge in [0.15, 0.2) is 0 Å². The summed E-state index contributed by atoms with van der Waals surface area (Å²) in [7, 11) is 0. The minimum atomic E-state index is 0.528. The SMILES string of the molecule is CC12CCC(C1)C(C)(C)C2NCCCC1CCCC1. The Morgan fingerprint density at radius 3 is 2.42 bits per heavy atom. The number of hydrogen-bond donors (Lipinski definition) is 1. The lowest BCUT2D eigenvalue weighted by Crippen LogP contribution is -2.50. The molecule has 0 aromatic carbocycles. The molecule has 3 saturated carbocycles. The summed E-state index contributed by atoms with van der Waals surface area (Å²) in [5.41, 5.74) is 1.13. The number of nitrogens with one attached hydrogen (secondary N) is 1. The molecule has 0 aromatic heterocycles. The monoisotopic (exact) mass is 263 g/mol. The molecule has 0 amide bonds. The molecule has 0 aliphatic heterocycles. The van der Waals surface area contributed by atoms with Crippen LogP contribution in [0.25, 0.3) is 0 Å². The summed E-state index contributed by atoms with van der Waals surface area (Å²) in [6.07, 6.45) is 13.3. The molecule has 0 radical (unpaired) electrons. The van der Waals surface area contributed by atoms with Gasteiger partial charge in [0.25, 0.3) is 0 Å². The lowest BCUT2D eigenvalue weighted by atomic mass is 9.68. The molecule has 1 nitrogen and oxygen atoms in total. The van der Waals surface area contributed by atoms with E-state index in [2.05, 4.69) is 26.1 Å². The fourth-order valence-electron chi connectivity index (χ4n) is 5.75. The highest BCUT2D eigenvalue weighted by Gasteiger charge is 2.58. The van der Waals surface area contributed by atoms with E-state index in [-0.39, 0.29) is 0 Å². The van der Waals surface area contributed by atoms with Crippen LogP contribution in [0.3, 0.4) is 0 Å². The predicted octanol–water partition coefficient (Wildman–Crippen LogP) is 4.76. The quantitative estimate of drug-likeness (QED) is 0.705. The van der Waals surface area contributed by atoms with E-state index in [9.17, 15) is 0 Å². The lowest BCUT2D eigenvalue weighted by Gasteiger charge is -2.43. The topological polar surface area (TPSA) is 12.0 Å². The van der Waals surface area contributed by atoms with E-state index in [1.807, 2.05) is 0 Å². The molecule has 3 fully saturated rings. The third kappa shape index (κ3) is 2.48. The Balaban J connectivity index is 1.46. The molecule has 19 heavy (non-hydrogen) atoms.